The minimum Gasteiger partial charge on any atom is -0.508 e. The topological polar surface area (TPSA) is 105 Å². The highest BCUT2D eigenvalue weighted by molar-refractivity contribution is 5.99. The first kappa shape index (κ1) is 18.1. The molecule has 0 radical (unpaired) electrons. The Hall–Kier alpha value is -4.00. The molecule has 0 unspecified atom stereocenters. The maximum absolute atomic E-state index is 12.9. The first-order chi connectivity index (χ1) is 14.4. The van der Waals surface area contributed by atoms with Crippen molar-refractivity contribution in [3.8, 4) is 23.0 Å². The van der Waals surface area contributed by atoms with E-state index in [2.05, 4.69) is 5.32 Å². The van der Waals surface area contributed by atoms with Gasteiger partial charge in [-0.25, -0.2) is 4.79 Å². The third-order valence-corrected chi connectivity index (χ3v) is 5.38. The molecule has 0 aliphatic carbocycles. The lowest BCUT2D eigenvalue weighted by Gasteiger charge is -2.36. The van der Waals surface area contributed by atoms with Crippen molar-refractivity contribution >= 4 is 17.6 Å². The van der Waals surface area contributed by atoms with Gasteiger partial charge < -0.3 is 25.0 Å². The maximum atomic E-state index is 12.9. The number of carbonyl (C=O) groups is 2. The Morgan fingerprint density at radius 2 is 1.53 bits per heavy atom. The second-order valence-corrected chi connectivity index (χ2v) is 7.20. The summed E-state index contributed by atoms with van der Waals surface area (Å²) in [6.45, 7) is 1.74. The van der Waals surface area contributed by atoms with Crippen LogP contribution in [-0.4, -0.2) is 22.1 Å². The van der Waals surface area contributed by atoms with Gasteiger partial charge in [0.1, 0.15) is 23.0 Å². The van der Waals surface area contributed by atoms with E-state index in [4.69, 9.17) is 9.47 Å². The third kappa shape index (κ3) is 2.45. The number of phenols is 2. The molecule has 0 saturated heterocycles. The highest BCUT2D eigenvalue weighted by Gasteiger charge is 2.53. The van der Waals surface area contributed by atoms with Crippen LogP contribution < -0.4 is 10.1 Å². The molecule has 3 aromatic rings. The van der Waals surface area contributed by atoms with Gasteiger partial charge in [-0.1, -0.05) is 13.0 Å². The molecule has 2 aliphatic heterocycles. The number of fused-ring (bicyclic) bond motifs is 6. The quantitative estimate of drug-likeness (QED) is 0.559. The lowest BCUT2D eigenvalue weighted by atomic mass is 9.77. The summed E-state index contributed by atoms with van der Waals surface area (Å²) in [5.41, 5.74) is 1.21. The molecule has 1 spiro atoms. The molecule has 0 bridgehead atoms. The standard InChI is InChI=1S/C23H17NO6/c1-2-21(27)24-12-3-6-16-15(9-12)22(28)30-23(16)17-7-4-13(25)10-19(17)29-20-11-14(26)5-8-18(20)23/h3-11,25-26H,2H2,1H3,(H,24,27). The molecule has 150 valence electrons. The van der Waals surface area contributed by atoms with Crippen LogP contribution in [0.25, 0.3) is 0 Å². The van der Waals surface area contributed by atoms with Crippen molar-refractivity contribution < 1.29 is 29.3 Å². The van der Waals surface area contributed by atoms with Gasteiger partial charge in [0.2, 0.25) is 5.91 Å². The predicted molar refractivity (Wildman–Crippen MR) is 107 cm³/mol. The zero-order valence-electron chi connectivity index (χ0n) is 15.9. The van der Waals surface area contributed by atoms with E-state index in [1.54, 1.807) is 37.3 Å². The number of phenolic OH excluding ortho intramolecular Hbond substituents is 2. The van der Waals surface area contributed by atoms with E-state index < -0.39 is 11.6 Å². The van der Waals surface area contributed by atoms with Gasteiger partial charge in [0.25, 0.3) is 0 Å². The Morgan fingerprint density at radius 3 is 2.13 bits per heavy atom. The molecule has 2 heterocycles. The van der Waals surface area contributed by atoms with Crippen LogP contribution in [0.2, 0.25) is 0 Å². The van der Waals surface area contributed by atoms with Crippen molar-refractivity contribution in [2.75, 3.05) is 5.32 Å². The molecular weight excluding hydrogens is 386 g/mol. The molecule has 0 aromatic heterocycles. The smallest absolute Gasteiger partial charge is 0.340 e. The Bertz CT molecular complexity index is 1180. The van der Waals surface area contributed by atoms with E-state index in [1.807, 2.05) is 0 Å². The number of aromatic hydroxyl groups is 2. The molecule has 0 saturated carbocycles. The van der Waals surface area contributed by atoms with Crippen LogP contribution in [0.5, 0.6) is 23.0 Å². The number of hydrogen-bond acceptors (Lipinski definition) is 6. The summed E-state index contributed by atoms with van der Waals surface area (Å²) >= 11 is 0. The SMILES string of the molecule is CCC(=O)Nc1ccc2c(c1)C(=O)OC21c2ccc(O)cc2Oc2cc(O)ccc21. The third-order valence-electron chi connectivity index (χ3n) is 5.38. The predicted octanol–water partition coefficient (Wildman–Crippen LogP) is 4.01. The number of rotatable bonds is 2. The van der Waals surface area contributed by atoms with Crippen LogP contribution in [0.3, 0.4) is 0 Å². The van der Waals surface area contributed by atoms with Crippen LogP contribution in [0.1, 0.15) is 40.4 Å². The molecule has 7 nitrogen and oxygen atoms in total. The molecule has 2 aliphatic rings. The summed E-state index contributed by atoms with van der Waals surface area (Å²) < 4.78 is 11.9. The first-order valence-electron chi connectivity index (χ1n) is 9.45. The second kappa shape index (κ2) is 6.25. The zero-order chi connectivity index (χ0) is 21.0. The minimum atomic E-state index is -1.30. The first-order valence-corrected chi connectivity index (χ1v) is 9.45. The number of ether oxygens (including phenoxy) is 2. The summed E-state index contributed by atoms with van der Waals surface area (Å²) in [5, 5.41) is 22.6. The fourth-order valence-electron chi connectivity index (χ4n) is 4.03. The van der Waals surface area contributed by atoms with E-state index >= 15 is 0 Å². The van der Waals surface area contributed by atoms with Crippen molar-refractivity contribution in [3.63, 3.8) is 0 Å². The summed E-state index contributed by atoms with van der Waals surface area (Å²) in [6, 6.07) is 14.2. The number of carbonyl (C=O) groups excluding carboxylic acids is 2. The number of amides is 1. The second-order valence-electron chi connectivity index (χ2n) is 7.20. The lowest BCUT2D eigenvalue weighted by Crippen LogP contribution is -2.32. The van der Waals surface area contributed by atoms with Crippen molar-refractivity contribution in [1.29, 1.82) is 0 Å². The number of esters is 1. The van der Waals surface area contributed by atoms with Crippen molar-refractivity contribution in [2.24, 2.45) is 0 Å². The fraction of sp³-hybridized carbons (Fsp3) is 0.130. The van der Waals surface area contributed by atoms with Crippen LogP contribution in [0.4, 0.5) is 5.69 Å². The van der Waals surface area contributed by atoms with Crippen LogP contribution in [-0.2, 0) is 15.1 Å². The average molecular weight is 403 g/mol. The maximum Gasteiger partial charge on any atom is 0.340 e. The normalized spacial score (nSPS) is 14.9. The number of nitrogens with one attached hydrogen (secondary N) is 1. The van der Waals surface area contributed by atoms with Crippen molar-refractivity contribution in [3.05, 3.63) is 76.9 Å². The van der Waals surface area contributed by atoms with Crippen LogP contribution >= 0.6 is 0 Å². The highest BCUT2D eigenvalue weighted by atomic mass is 16.6. The summed E-state index contributed by atoms with van der Waals surface area (Å²) in [5.74, 6) is -0.0835. The van der Waals surface area contributed by atoms with Gasteiger partial charge in [-0.15, -0.1) is 0 Å². The van der Waals surface area contributed by atoms with Gasteiger partial charge in [-0.3, -0.25) is 4.79 Å². The fourth-order valence-corrected chi connectivity index (χ4v) is 4.03. The molecule has 0 fully saturated rings. The summed E-state index contributed by atoms with van der Waals surface area (Å²) in [7, 11) is 0. The largest absolute Gasteiger partial charge is 0.508 e. The monoisotopic (exact) mass is 403 g/mol. The van der Waals surface area contributed by atoms with Gasteiger partial charge in [0.05, 0.1) is 5.56 Å². The highest BCUT2D eigenvalue weighted by Crippen LogP contribution is 2.57. The number of anilines is 1. The Labute approximate surface area is 171 Å². The van der Waals surface area contributed by atoms with E-state index in [1.165, 1.54) is 24.3 Å². The molecule has 3 N–H and O–H groups in total. The van der Waals surface area contributed by atoms with E-state index in [0.717, 1.165) is 0 Å². The van der Waals surface area contributed by atoms with Gasteiger partial charge in [-0.2, -0.15) is 0 Å². The molecule has 1 amide bonds. The molecule has 30 heavy (non-hydrogen) atoms. The number of benzene rings is 3. The van der Waals surface area contributed by atoms with E-state index in [0.29, 0.717) is 45.9 Å². The van der Waals surface area contributed by atoms with Crippen LogP contribution in [0.15, 0.2) is 54.6 Å². The molecule has 0 atom stereocenters. The molecule has 7 heteroatoms. The number of hydrogen-bond donors (Lipinski definition) is 3. The summed E-state index contributed by atoms with van der Waals surface area (Å²) in [6.07, 6.45) is 0.316. The summed E-state index contributed by atoms with van der Waals surface area (Å²) in [4.78, 5) is 24.7. The van der Waals surface area contributed by atoms with Gasteiger partial charge >= 0.3 is 5.97 Å². The van der Waals surface area contributed by atoms with Gasteiger partial charge in [-0.05, 0) is 36.4 Å². The molecular formula is C23H17NO6. The van der Waals surface area contributed by atoms with Crippen molar-refractivity contribution in [1.82, 2.24) is 0 Å². The molecule has 3 aromatic carbocycles. The van der Waals surface area contributed by atoms with Crippen molar-refractivity contribution in [2.45, 2.75) is 18.9 Å². The Kier molecular flexibility index (Phi) is 3.76. The Balaban J connectivity index is 1.76. The molecule has 5 rings (SSSR count). The average Bonchev–Trinajstić information content (AvgIpc) is 3.00. The zero-order valence-corrected chi connectivity index (χ0v) is 15.9. The van der Waals surface area contributed by atoms with E-state index in [-0.39, 0.29) is 17.4 Å². The van der Waals surface area contributed by atoms with Gasteiger partial charge in [0, 0.05) is 40.9 Å². The van der Waals surface area contributed by atoms with Gasteiger partial charge in [0.15, 0.2) is 5.60 Å². The minimum absolute atomic E-state index is 0.00493. The Morgan fingerprint density at radius 1 is 0.933 bits per heavy atom. The lowest BCUT2D eigenvalue weighted by molar-refractivity contribution is -0.115. The van der Waals surface area contributed by atoms with E-state index in [9.17, 15) is 19.8 Å². The van der Waals surface area contributed by atoms with Crippen LogP contribution in [0, 0.1) is 0 Å².